The molecule has 0 saturated carbocycles. The Balaban J connectivity index is 0.000000184. The van der Waals surface area contributed by atoms with Gasteiger partial charge in [0.1, 0.15) is 84.6 Å². The molecule has 0 aliphatic carbocycles. The van der Waals surface area contributed by atoms with Gasteiger partial charge in [-0.15, -0.1) is 0 Å². The Morgan fingerprint density at radius 2 is 0.748 bits per heavy atom. The van der Waals surface area contributed by atoms with Gasteiger partial charge in [0.15, 0.2) is 0 Å². The van der Waals surface area contributed by atoms with Gasteiger partial charge in [-0.3, -0.25) is 29.1 Å². The zero-order valence-electron chi connectivity index (χ0n) is 75.6. The molecule has 0 saturated heterocycles. The number of methoxy groups -OCH3 is 1. The smallest absolute Gasteiger partial charge is 0.316 e. The first-order chi connectivity index (χ1) is 63.8. The molecule has 17 rings (SSSR count). The van der Waals surface area contributed by atoms with E-state index in [0.29, 0.717) is 108 Å². The highest BCUT2D eigenvalue weighted by atomic mass is 32.1. The topological polar surface area (TPSA) is 474 Å². The monoisotopic (exact) mass is 1890 g/mol. The normalized spacial score (nSPS) is 12.3. The van der Waals surface area contributed by atoms with Crippen LogP contribution in [0.3, 0.4) is 0 Å². The number of carbonyl (C=O) groups excluding carboxylic acids is 4. The predicted molar refractivity (Wildman–Crippen MR) is 538 cm³/mol. The van der Waals surface area contributed by atoms with Crippen molar-refractivity contribution < 1.29 is 33.4 Å². The molecule has 1 aliphatic rings. The minimum atomic E-state index is -0.239. The van der Waals surface area contributed by atoms with Gasteiger partial charge >= 0.3 is 12.0 Å². The van der Waals surface area contributed by atoms with Crippen LogP contribution in [-0.4, -0.2) is 191 Å². The van der Waals surface area contributed by atoms with Crippen molar-refractivity contribution in [2.45, 2.75) is 77.9 Å². The van der Waals surface area contributed by atoms with Gasteiger partial charge in [-0.25, -0.2) is 89.7 Å². The number of carbonyl (C=O) groups is 4. The summed E-state index contributed by atoms with van der Waals surface area (Å²) in [5.74, 6) is 2.38. The van der Waals surface area contributed by atoms with Crippen LogP contribution in [0, 0.1) is 11.3 Å². The van der Waals surface area contributed by atoms with E-state index in [4.69, 9.17) is 19.5 Å². The summed E-state index contributed by atoms with van der Waals surface area (Å²) in [6.07, 6.45) is 20.5. The summed E-state index contributed by atoms with van der Waals surface area (Å²) in [6, 6.07) is 44.7. The fourth-order valence-corrected chi connectivity index (χ4v) is 14.6. The summed E-state index contributed by atoms with van der Waals surface area (Å²) >= 11 is 0. The van der Waals surface area contributed by atoms with E-state index in [9.17, 15) is 19.2 Å². The van der Waals surface area contributed by atoms with Crippen LogP contribution in [0.4, 0.5) is 23.3 Å². The number of nitrogens with zero attached hydrogens (tertiary/aromatic N) is 21. The molecule has 0 fully saturated rings. The lowest BCUT2D eigenvalue weighted by atomic mass is 9.96. The molecule has 16 aromatic rings. The molecule has 4 amide bonds. The summed E-state index contributed by atoms with van der Waals surface area (Å²) in [7, 11) is 7.90. The van der Waals surface area contributed by atoms with Crippen LogP contribution < -0.4 is 52.0 Å². The molecule has 12 heterocycles. The first-order valence-electron chi connectivity index (χ1n) is 42.0. The Morgan fingerprint density at radius 3 is 1.12 bits per heavy atom. The van der Waals surface area contributed by atoms with Gasteiger partial charge in [0, 0.05) is 189 Å². The van der Waals surface area contributed by atoms with E-state index in [-0.39, 0.29) is 107 Å². The van der Waals surface area contributed by atoms with E-state index < -0.39 is 0 Å². The van der Waals surface area contributed by atoms with Crippen LogP contribution in [-0.2, 0) is 11.3 Å². The SMILES string of the molecule is CCOc1ncc(-c2cc(NC[C@@H](C)c3cccc4c(C(=O)NC)ncnc34)ncn2)cn1.CNC(=O)c1ccnc2c([C@H](C)CNc3cc(-c4cnc5c(c4)[C@H](C)OC5)ncn3)cccc12.CNC(=O)c1ncnc2c([C@H](C)CNc3cc(-c4ccc(C#N)cc4)ncn3)cccc12.CNC(=O)c1ncnc2c([C@H](C)CNc3cc(-c4cnc(OC)nc4)ncn3)cccc12.S.S.S.S. The minimum absolute atomic E-state index is 0. The summed E-state index contributed by atoms with van der Waals surface area (Å²) in [5.41, 5.74) is 18.0. The standard InChI is InChI=1S/C26H26N6O2.C24H21N7O.C23H24N8O2.C22H22N8O2.4H2S/c1-15(18-5-4-6-19-20(26(33)27-3)7-8-28-25(18)19)11-30-24-10-22(31-14-32-24)17-9-21-16(2)34-13-23(21)29-12-17;1-15(18-4-3-5-19-22(18)30-14-31-23(19)24(32)26-2)12-27-21-10-20(28-13-29-21)17-8-6-16(11-25)7-9-17;1-4-33-23-26-10-15(11-27-23)18-8-19(29-12-28-18)25-9-14(2)16-6-5-7-17-20(16)30-13-31-21(17)22(32)24-3;1-13(15-5-4-6-16-19(15)29-12-30-20(16)21(31)23-2)8-24-18-7-17(27-11-28-18)14-9-25-22(32-3)26-10-14;;;;/h4-10,12,14-16H,11,13H2,1-3H3,(H,27,33)(H,30,31,32);3-10,13-15H,12H2,1-2H3,(H,26,32)(H,27,28,29);5-8,10-14H,4,9H2,1-3H3,(H,24,32)(H,25,28,29);4-7,9-13H,8H2,1-3H3,(H,23,31)(H,24,27,28);4*1H2/t15-,16+;15-;14-;13-;;;;/m1111..../s1. The Labute approximate surface area is 806 Å². The number of nitriles is 1. The molecule has 40 heteroatoms. The maximum atomic E-state index is 12.3. The Morgan fingerprint density at radius 1 is 0.400 bits per heavy atom. The summed E-state index contributed by atoms with van der Waals surface area (Å²) in [5, 5.41) is 36.0. The molecule has 0 bridgehead atoms. The first-order valence-corrected chi connectivity index (χ1v) is 42.0. The van der Waals surface area contributed by atoms with Crippen LogP contribution >= 0.6 is 54.0 Å². The minimum Gasteiger partial charge on any atom is -0.467 e. The van der Waals surface area contributed by atoms with Gasteiger partial charge in [-0.2, -0.15) is 59.2 Å². The molecule has 135 heavy (non-hydrogen) atoms. The molecular formula is C95H101N29O7S4. The molecule has 5 aromatic carbocycles. The summed E-state index contributed by atoms with van der Waals surface area (Å²) in [4.78, 5) is 135. The second kappa shape index (κ2) is 48.7. The van der Waals surface area contributed by atoms with Crippen molar-refractivity contribution in [3.8, 4) is 63.1 Å². The van der Waals surface area contributed by atoms with Crippen LogP contribution in [0.1, 0.15) is 152 Å². The number of para-hydroxylation sites is 4. The van der Waals surface area contributed by atoms with E-state index in [1.807, 2.05) is 123 Å². The maximum Gasteiger partial charge on any atom is 0.316 e. The van der Waals surface area contributed by atoms with Gasteiger partial charge in [-0.1, -0.05) is 113 Å². The molecule has 0 unspecified atom stereocenters. The Hall–Kier alpha value is -15.3. The highest BCUT2D eigenvalue weighted by Gasteiger charge is 2.25. The number of hydrogen-bond acceptors (Lipinski definition) is 32. The molecule has 0 radical (unpaired) electrons. The second-order valence-corrected chi connectivity index (χ2v) is 30.1. The van der Waals surface area contributed by atoms with E-state index in [1.165, 1.54) is 45.1 Å². The number of nitrogens with one attached hydrogen (secondary N) is 8. The van der Waals surface area contributed by atoms with Crippen molar-refractivity contribution in [2.24, 2.45) is 0 Å². The number of rotatable bonds is 27. The van der Waals surface area contributed by atoms with E-state index >= 15 is 0 Å². The lowest BCUT2D eigenvalue weighted by Crippen LogP contribution is -2.20. The Kier molecular flexibility index (Phi) is 36.7. The molecular weight excluding hydrogens is 1790 g/mol. The van der Waals surface area contributed by atoms with E-state index in [2.05, 4.69) is 188 Å². The van der Waals surface area contributed by atoms with Gasteiger partial charge < -0.3 is 56.7 Å². The third-order valence-corrected chi connectivity index (χ3v) is 21.7. The van der Waals surface area contributed by atoms with Crippen molar-refractivity contribution in [2.75, 3.05) is 89.4 Å². The predicted octanol–water partition coefficient (Wildman–Crippen LogP) is 13.5. The van der Waals surface area contributed by atoms with Gasteiger partial charge in [0.2, 0.25) is 0 Å². The fourth-order valence-electron chi connectivity index (χ4n) is 14.6. The number of aromatic nitrogens is 20. The van der Waals surface area contributed by atoms with Gasteiger partial charge in [0.05, 0.1) is 94.2 Å². The number of ether oxygens (including phenoxy) is 3. The van der Waals surface area contributed by atoms with Crippen molar-refractivity contribution >= 4 is 144 Å². The van der Waals surface area contributed by atoms with Crippen LogP contribution in [0.15, 0.2) is 215 Å². The molecule has 5 atom stereocenters. The van der Waals surface area contributed by atoms with Gasteiger partial charge in [-0.05, 0) is 60.4 Å². The average Bonchev–Trinajstić information content (AvgIpc) is 1.58. The quantitative estimate of drug-likeness (QED) is 0.0237. The van der Waals surface area contributed by atoms with Crippen LogP contribution in [0.5, 0.6) is 12.0 Å². The van der Waals surface area contributed by atoms with Crippen LogP contribution in [0.25, 0.3) is 88.6 Å². The highest BCUT2D eigenvalue weighted by molar-refractivity contribution is 7.59. The molecule has 692 valence electrons. The van der Waals surface area contributed by atoms with Crippen molar-refractivity contribution in [1.82, 2.24) is 121 Å². The number of benzene rings is 5. The summed E-state index contributed by atoms with van der Waals surface area (Å²) < 4.78 is 15.9. The third kappa shape index (κ3) is 24.7. The highest BCUT2D eigenvalue weighted by Crippen LogP contribution is 2.35. The van der Waals surface area contributed by atoms with E-state index in [0.717, 1.165) is 117 Å². The first kappa shape index (κ1) is 102. The number of anilines is 4. The number of amides is 4. The number of fused-ring (bicyclic) bond motifs is 5. The summed E-state index contributed by atoms with van der Waals surface area (Å²) in [6.45, 7) is 15.8. The van der Waals surface area contributed by atoms with Crippen molar-refractivity contribution in [3.05, 3.63) is 277 Å². The number of hydrogen-bond donors (Lipinski definition) is 8. The molecule has 1 aliphatic heterocycles. The molecule has 36 nitrogen and oxygen atoms in total. The Bertz CT molecular complexity index is 6840. The maximum absolute atomic E-state index is 12.3. The largest absolute Gasteiger partial charge is 0.467 e. The van der Waals surface area contributed by atoms with Crippen molar-refractivity contribution in [1.29, 1.82) is 5.26 Å². The van der Waals surface area contributed by atoms with Crippen LogP contribution in [0.2, 0.25) is 0 Å². The molecule has 11 aromatic heterocycles. The molecule has 8 N–H and O–H groups in total. The second-order valence-electron chi connectivity index (χ2n) is 30.1. The van der Waals surface area contributed by atoms with Gasteiger partial charge in [0.25, 0.3) is 23.6 Å². The number of pyridine rings is 2. The van der Waals surface area contributed by atoms with Crippen molar-refractivity contribution in [3.63, 3.8) is 0 Å². The lowest BCUT2D eigenvalue weighted by molar-refractivity contribution is 0.0787. The average molecular weight is 1890 g/mol. The third-order valence-electron chi connectivity index (χ3n) is 21.7. The molecule has 0 spiro atoms. The zero-order chi connectivity index (χ0) is 91.9. The fraction of sp³-hybridized carbons (Fsp3) is 0.232. The van der Waals surface area contributed by atoms with E-state index in [1.54, 1.807) is 83.7 Å². The zero-order valence-corrected chi connectivity index (χ0v) is 79.6. The lowest BCUT2D eigenvalue weighted by Gasteiger charge is -2.16.